The molecule has 2 rings (SSSR count). The van der Waals surface area contributed by atoms with Crippen LogP contribution in [-0.2, 0) is 13.1 Å². The molecule has 0 amide bonds. The van der Waals surface area contributed by atoms with E-state index < -0.39 is 0 Å². The van der Waals surface area contributed by atoms with Crippen LogP contribution in [0.5, 0.6) is 0 Å². The van der Waals surface area contributed by atoms with Crippen molar-refractivity contribution in [1.29, 1.82) is 0 Å². The Morgan fingerprint density at radius 3 is 3.00 bits per heavy atom. The van der Waals surface area contributed by atoms with Crippen molar-refractivity contribution in [3.63, 3.8) is 0 Å². The van der Waals surface area contributed by atoms with Gasteiger partial charge in [0.05, 0.1) is 13.1 Å². The Hall–Kier alpha value is -0.940. The summed E-state index contributed by atoms with van der Waals surface area (Å²) in [6.45, 7) is 8.02. The Morgan fingerprint density at radius 1 is 1.50 bits per heavy atom. The fourth-order valence-corrected chi connectivity index (χ4v) is 3.01. The van der Waals surface area contributed by atoms with Crippen LogP contribution in [0.3, 0.4) is 0 Å². The van der Waals surface area contributed by atoms with E-state index in [1.807, 2.05) is 0 Å². The predicted octanol–water partition coefficient (Wildman–Crippen LogP) is 1.93. The second kappa shape index (κ2) is 5.80. The van der Waals surface area contributed by atoms with Crippen molar-refractivity contribution < 1.29 is 4.52 Å². The molecule has 0 spiro atoms. The molecule has 5 heteroatoms. The quantitative estimate of drug-likeness (QED) is 0.867. The molecule has 2 N–H and O–H groups in total. The van der Waals surface area contributed by atoms with E-state index in [0.29, 0.717) is 17.9 Å². The summed E-state index contributed by atoms with van der Waals surface area (Å²) >= 11 is 0. The van der Waals surface area contributed by atoms with Crippen molar-refractivity contribution in [3.05, 3.63) is 11.7 Å². The summed E-state index contributed by atoms with van der Waals surface area (Å²) in [6.07, 6.45) is 5.14. The van der Waals surface area contributed by atoms with E-state index in [0.717, 1.165) is 25.5 Å². The monoisotopic (exact) mass is 252 g/mol. The van der Waals surface area contributed by atoms with Crippen LogP contribution in [0, 0.1) is 5.41 Å². The minimum atomic E-state index is 0.320. The molecule has 0 aliphatic carbocycles. The average Bonchev–Trinajstić information content (AvgIpc) is 2.76. The van der Waals surface area contributed by atoms with Crippen molar-refractivity contribution in [2.45, 2.75) is 52.6 Å². The van der Waals surface area contributed by atoms with E-state index in [-0.39, 0.29) is 0 Å². The second-order valence-corrected chi connectivity index (χ2v) is 5.68. The molecule has 0 bridgehead atoms. The number of hydrogen-bond acceptors (Lipinski definition) is 5. The van der Waals surface area contributed by atoms with Gasteiger partial charge in [0.2, 0.25) is 5.89 Å². The smallest absolute Gasteiger partial charge is 0.240 e. The number of likely N-dealkylation sites (tertiary alicyclic amines) is 1. The van der Waals surface area contributed by atoms with Gasteiger partial charge in [0, 0.05) is 6.54 Å². The maximum Gasteiger partial charge on any atom is 0.240 e. The first-order valence-electron chi connectivity index (χ1n) is 6.89. The molecular weight excluding hydrogens is 228 g/mol. The molecule has 1 aromatic rings. The van der Waals surface area contributed by atoms with E-state index in [1.165, 1.54) is 25.7 Å². The Bertz CT molecular complexity index is 375. The molecule has 0 aromatic carbocycles. The fourth-order valence-electron chi connectivity index (χ4n) is 3.01. The van der Waals surface area contributed by atoms with Gasteiger partial charge >= 0.3 is 0 Å². The number of nitrogens with zero attached hydrogens (tertiary/aromatic N) is 3. The zero-order chi connectivity index (χ0) is 13.0. The van der Waals surface area contributed by atoms with Crippen LogP contribution in [0.15, 0.2) is 4.52 Å². The molecule has 1 saturated heterocycles. The molecule has 1 aromatic heterocycles. The third-order valence-corrected chi connectivity index (χ3v) is 3.76. The van der Waals surface area contributed by atoms with Gasteiger partial charge in [-0.15, -0.1) is 0 Å². The second-order valence-electron chi connectivity index (χ2n) is 5.68. The molecule has 1 fully saturated rings. The number of nitrogens with two attached hydrogens (primary N) is 1. The van der Waals surface area contributed by atoms with Crippen molar-refractivity contribution in [1.82, 2.24) is 15.0 Å². The van der Waals surface area contributed by atoms with Crippen molar-refractivity contribution in [3.8, 4) is 0 Å². The summed E-state index contributed by atoms with van der Waals surface area (Å²) in [5.41, 5.74) is 5.92. The predicted molar refractivity (Wildman–Crippen MR) is 69.7 cm³/mol. The lowest BCUT2D eigenvalue weighted by Gasteiger charge is -2.40. The zero-order valence-electron chi connectivity index (χ0n) is 11.5. The summed E-state index contributed by atoms with van der Waals surface area (Å²) in [4.78, 5) is 6.71. The summed E-state index contributed by atoms with van der Waals surface area (Å²) in [6, 6.07) is 0. The Labute approximate surface area is 109 Å². The van der Waals surface area contributed by atoms with Crippen LogP contribution in [0.4, 0.5) is 0 Å². The van der Waals surface area contributed by atoms with Crippen molar-refractivity contribution in [2.24, 2.45) is 11.1 Å². The highest BCUT2D eigenvalue weighted by Crippen LogP contribution is 2.34. The number of piperidine rings is 1. The molecule has 102 valence electrons. The van der Waals surface area contributed by atoms with Gasteiger partial charge in [-0.25, -0.2) is 0 Å². The van der Waals surface area contributed by atoms with Crippen LogP contribution in [-0.4, -0.2) is 28.1 Å². The highest BCUT2D eigenvalue weighted by atomic mass is 16.5. The van der Waals surface area contributed by atoms with Crippen LogP contribution < -0.4 is 5.73 Å². The highest BCUT2D eigenvalue weighted by Gasteiger charge is 2.30. The van der Waals surface area contributed by atoms with Crippen LogP contribution in [0.2, 0.25) is 0 Å². The first kappa shape index (κ1) is 13.5. The summed E-state index contributed by atoms with van der Waals surface area (Å²) < 4.78 is 5.04. The lowest BCUT2D eigenvalue weighted by molar-refractivity contribution is 0.0863. The van der Waals surface area contributed by atoms with Gasteiger partial charge in [0.1, 0.15) is 0 Å². The third kappa shape index (κ3) is 3.29. The van der Waals surface area contributed by atoms with Gasteiger partial charge in [-0.2, -0.15) is 4.98 Å². The zero-order valence-corrected chi connectivity index (χ0v) is 11.5. The summed E-state index contributed by atoms with van der Waals surface area (Å²) in [5, 5.41) is 3.97. The third-order valence-electron chi connectivity index (χ3n) is 3.76. The minimum Gasteiger partial charge on any atom is -0.338 e. The lowest BCUT2D eigenvalue weighted by atomic mass is 9.78. The normalized spacial score (nSPS) is 25.5. The van der Waals surface area contributed by atoms with Gasteiger partial charge < -0.3 is 10.3 Å². The van der Waals surface area contributed by atoms with Gasteiger partial charge in [0.15, 0.2) is 5.82 Å². The molecule has 2 heterocycles. The average molecular weight is 252 g/mol. The molecule has 1 aliphatic rings. The molecule has 18 heavy (non-hydrogen) atoms. The van der Waals surface area contributed by atoms with Gasteiger partial charge in [-0.05, 0) is 31.2 Å². The number of aromatic nitrogens is 2. The van der Waals surface area contributed by atoms with Gasteiger partial charge in [-0.3, -0.25) is 4.90 Å². The maximum absolute atomic E-state index is 5.47. The van der Waals surface area contributed by atoms with Crippen LogP contribution in [0.25, 0.3) is 0 Å². The Balaban J connectivity index is 1.93. The lowest BCUT2D eigenvalue weighted by Crippen LogP contribution is -2.41. The first-order valence-corrected chi connectivity index (χ1v) is 6.89. The number of hydrogen-bond donors (Lipinski definition) is 1. The van der Waals surface area contributed by atoms with E-state index in [4.69, 9.17) is 10.3 Å². The van der Waals surface area contributed by atoms with Crippen molar-refractivity contribution >= 4 is 0 Å². The molecule has 5 nitrogen and oxygen atoms in total. The Morgan fingerprint density at radius 2 is 2.33 bits per heavy atom. The van der Waals surface area contributed by atoms with Crippen LogP contribution in [0.1, 0.15) is 51.2 Å². The largest absolute Gasteiger partial charge is 0.338 e. The van der Waals surface area contributed by atoms with E-state index in [1.54, 1.807) is 0 Å². The van der Waals surface area contributed by atoms with Crippen LogP contribution >= 0.6 is 0 Å². The summed E-state index contributed by atoms with van der Waals surface area (Å²) in [5.74, 6) is 1.29. The van der Waals surface area contributed by atoms with Gasteiger partial charge in [-0.1, -0.05) is 25.4 Å². The van der Waals surface area contributed by atoms with Gasteiger partial charge in [0.25, 0.3) is 0 Å². The molecule has 0 saturated carbocycles. The highest BCUT2D eigenvalue weighted by molar-refractivity contribution is 4.89. The molecule has 1 atom stereocenters. The standard InChI is InChI=1S/C13H24N4O/c1-3-5-13(2)6-4-7-17(10-13)9-11-15-12(8-14)18-16-11/h3-10,14H2,1-2H3. The van der Waals surface area contributed by atoms with Crippen molar-refractivity contribution in [2.75, 3.05) is 13.1 Å². The van der Waals surface area contributed by atoms with E-state index in [9.17, 15) is 0 Å². The Kier molecular flexibility index (Phi) is 4.35. The molecule has 1 aliphatic heterocycles. The van der Waals surface area contributed by atoms with E-state index >= 15 is 0 Å². The maximum atomic E-state index is 5.47. The molecule has 1 unspecified atom stereocenters. The number of rotatable bonds is 5. The first-order chi connectivity index (χ1) is 8.65. The minimum absolute atomic E-state index is 0.320. The SMILES string of the molecule is CCCC1(C)CCCN(Cc2noc(CN)n2)C1. The summed E-state index contributed by atoms with van der Waals surface area (Å²) in [7, 11) is 0. The topological polar surface area (TPSA) is 68.2 Å². The molecule has 0 radical (unpaired) electrons. The fraction of sp³-hybridized carbons (Fsp3) is 0.846. The molecular formula is C13H24N4O. The van der Waals surface area contributed by atoms with E-state index in [2.05, 4.69) is 28.9 Å².